The van der Waals surface area contributed by atoms with E-state index in [4.69, 9.17) is 0 Å². The topological polar surface area (TPSA) is 54.9 Å². The lowest BCUT2D eigenvalue weighted by Gasteiger charge is -2.07. The summed E-state index contributed by atoms with van der Waals surface area (Å²) < 4.78 is 0. The first kappa shape index (κ1) is 14.5. The van der Waals surface area contributed by atoms with Gasteiger partial charge < -0.3 is 5.32 Å². The van der Waals surface area contributed by atoms with Gasteiger partial charge in [-0.3, -0.25) is 4.79 Å². The number of nitrogens with zero attached hydrogens (tertiary/aromatic N) is 2. The lowest BCUT2D eigenvalue weighted by atomic mass is 10.2. The molecule has 0 aliphatic heterocycles. The number of aromatic nitrogens is 2. The predicted octanol–water partition coefficient (Wildman–Crippen LogP) is 4.05. The van der Waals surface area contributed by atoms with Gasteiger partial charge in [-0.25, -0.2) is 9.97 Å². The minimum absolute atomic E-state index is 0.0716. The molecule has 4 nitrogen and oxygen atoms in total. The van der Waals surface area contributed by atoms with E-state index in [9.17, 15) is 4.79 Å². The van der Waals surface area contributed by atoms with Crippen LogP contribution in [0.15, 0.2) is 58.7 Å². The third-order valence-electron chi connectivity index (χ3n) is 3.14. The monoisotopic (exact) mass is 309 g/mol. The summed E-state index contributed by atoms with van der Waals surface area (Å²) in [6.07, 6.45) is 1.59. The molecule has 1 aromatic heterocycles. The lowest BCUT2D eigenvalue weighted by Crippen LogP contribution is -2.05. The van der Waals surface area contributed by atoms with Gasteiger partial charge in [0, 0.05) is 22.9 Å². The van der Waals surface area contributed by atoms with E-state index >= 15 is 0 Å². The maximum Gasteiger partial charge on any atom is 0.221 e. The van der Waals surface area contributed by atoms with Gasteiger partial charge in [0.2, 0.25) is 5.91 Å². The lowest BCUT2D eigenvalue weighted by molar-refractivity contribution is -0.114. The first-order valence-electron chi connectivity index (χ1n) is 6.89. The SMILES string of the molecule is CC(=O)Nc1ccc(Sc2ncnc3ccc(C)cc23)cc1. The summed E-state index contributed by atoms with van der Waals surface area (Å²) in [6.45, 7) is 3.56. The van der Waals surface area contributed by atoms with Crippen molar-refractivity contribution in [1.29, 1.82) is 0 Å². The van der Waals surface area contributed by atoms with Crippen LogP contribution < -0.4 is 5.32 Å². The van der Waals surface area contributed by atoms with Gasteiger partial charge in [-0.1, -0.05) is 23.4 Å². The van der Waals surface area contributed by atoms with Gasteiger partial charge in [0.25, 0.3) is 0 Å². The van der Waals surface area contributed by atoms with E-state index in [2.05, 4.69) is 28.3 Å². The molecule has 1 N–H and O–H groups in total. The summed E-state index contributed by atoms with van der Waals surface area (Å²) in [7, 11) is 0. The summed E-state index contributed by atoms with van der Waals surface area (Å²) in [5, 5.41) is 4.74. The molecule has 0 aliphatic rings. The van der Waals surface area contributed by atoms with Crippen molar-refractivity contribution in [2.45, 2.75) is 23.8 Å². The van der Waals surface area contributed by atoms with Gasteiger partial charge >= 0.3 is 0 Å². The number of carbonyl (C=O) groups is 1. The minimum atomic E-state index is -0.0716. The Morgan fingerprint density at radius 2 is 1.86 bits per heavy atom. The highest BCUT2D eigenvalue weighted by Crippen LogP contribution is 2.31. The smallest absolute Gasteiger partial charge is 0.221 e. The van der Waals surface area contributed by atoms with Crippen molar-refractivity contribution in [1.82, 2.24) is 9.97 Å². The molecule has 0 saturated heterocycles. The number of aryl methyl sites for hydroxylation is 1. The molecule has 0 atom stereocenters. The van der Waals surface area contributed by atoms with Crippen molar-refractivity contribution in [3.8, 4) is 0 Å². The van der Waals surface area contributed by atoms with Gasteiger partial charge in [-0.05, 0) is 43.3 Å². The molecule has 0 saturated carbocycles. The molecule has 2 aromatic carbocycles. The number of anilines is 1. The fraction of sp³-hybridized carbons (Fsp3) is 0.118. The van der Waals surface area contributed by atoms with Crippen LogP contribution in [0, 0.1) is 6.92 Å². The zero-order valence-electron chi connectivity index (χ0n) is 12.3. The Morgan fingerprint density at radius 1 is 1.09 bits per heavy atom. The summed E-state index contributed by atoms with van der Waals surface area (Å²) in [5.74, 6) is -0.0716. The molecule has 5 heteroatoms. The standard InChI is InChI=1S/C17H15N3OS/c1-11-3-8-16-15(9-11)17(19-10-18-16)22-14-6-4-13(5-7-14)20-12(2)21/h3-10H,1-2H3,(H,20,21). The number of hydrogen-bond donors (Lipinski definition) is 1. The molecule has 0 unspecified atom stereocenters. The molecule has 0 aliphatic carbocycles. The van der Waals surface area contributed by atoms with Crippen LogP contribution >= 0.6 is 11.8 Å². The number of carbonyl (C=O) groups excluding carboxylic acids is 1. The molecule has 0 radical (unpaired) electrons. The van der Waals surface area contributed by atoms with Crippen molar-refractivity contribution < 1.29 is 4.79 Å². The average Bonchev–Trinajstić information content (AvgIpc) is 2.49. The Labute approximate surface area is 133 Å². The molecule has 0 spiro atoms. The van der Waals surface area contributed by atoms with Gasteiger partial charge in [0.15, 0.2) is 0 Å². The van der Waals surface area contributed by atoms with Gasteiger partial charge in [-0.15, -0.1) is 0 Å². The van der Waals surface area contributed by atoms with Gasteiger partial charge in [-0.2, -0.15) is 0 Å². The zero-order chi connectivity index (χ0) is 15.5. The van der Waals surface area contributed by atoms with Crippen LogP contribution in [0.25, 0.3) is 10.9 Å². The molecule has 0 fully saturated rings. The summed E-state index contributed by atoms with van der Waals surface area (Å²) >= 11 is 1.59. The van der Waals surface area contributed by atoms with Crippen LogP contribution in [0.1, 0.15) is 12.5 Å². The number of benzene rings is 2. The highest BCUT2D eigenvalue weighted by molar-refractivity contribution is 7.99. The first-order chi connectivity index (χ1) is 10.6. The van der Waals surface area contributed by atoms with Crippen LogP contribution in [-0.4, -0.2) is 15.9 Å². The third kappa shape index (κ3) is 3.26. The van der Waals surface area contributed by atoms with Crippen LogP contribution in [0.4, 0.5) is 5.69 Å². The fourth-order valence-electron chi connectivity index (χ4n) is 2.15. The molecule has 3 aromatic rings. The second-order valence-electron chi connectivity index (χ2n) is 5.01. The van der Waals surface area contributed by atoms with E-state index in [1.165, 1.54) is 12.5 Å². The summed E-state index contributed by atoms with van der Waals surface area (Å²) in [5.41, 5.74) is 2.92. The van der Waals surface area contributed by atoms with Crippen molar-refractivity contribution in [3.63, 3.8) is 0 Å². The largest absolute Gasteiger partial charge is 0.326 e. The van der Waals surface area contributed by atoms with E-state index in [1.807, 2.05) is 36.4 Å². The first-order valence-corrected chi connectivity index (χ1v) is 7.70. The average molecular weight is 309 g/mol. The number of rotatable bonds is 3. The van der Waals surface area contributed by atoms with E-state index in [0.717, 1.165) is 26.5 Å². The maximum atomic E-state index is 11.0. The molecular formula is C17H15N3OS. The minimum Gasteiger partial charge on any atom is -0.326 e. The highest BCUT2D eigenvalue weighted by Gasteiger charge is 2.06. The van der Waals surface area contributed by atoms with Crippen LogP contribution in [0.3, 0.4) is 0 Å². The quantitative estimate of drug-likeness (QED) is 0.742. The maximum absolute atomic E-state index is 11.0. The van der Waals surface area contributed by atoms with E-state index in [1.54, 1.807) is 18.1 Å². The molecule has 22 heavy (non-hydrogen) atoms. The van der Waals surface area contributed by atoms with E-state index in [0.29, 0.717) is 0 Å². The second-order valence-corrected chi connectivity index (χ2v) is 6.07. The summed E-state index contributed by atoms with van der Waals surface area (Å²) in [6, 6.07) is 13.9. The van der Waals surface area contributed by atoms with E-state index < -0.39 is 0 Å². The van der Waals surface area contributed by atoms with Crippen molar-refractivity contribution in [3.05, 3.63) is 54.4 Å². The Hall–Kier alpha value is -2.40. The van der Waals surface area contributed by atoms with Crippen LogP contribution in [0.5, 0.6) is 0 Å². The van der Waals surface area contributed by atoms with Crippen molar-refractivity contribution >= 4 is 34.3 Å². The number of nitrogens with one attached hydrogen (secondary N) is 1. The molecule has 0 bridgehead atoms. The molecule has 3 rings (SSSR count). The van der Waals surface area contributed by atoms with Crippen LogP contribution in [0.2, 0.25) is 0 Å². The number of amides is 1. The van der Waals surface area contributed by atoms with Gasteiger partial charge in [0.1, 0.15) is 11.4 Å². The van der Waals surface area contributed by atoms with Crippen LogP contribution in [-0.2, 0) is 4.79 Å². The molecule has 110 valence electrons. The Bertz CT molecular complexity index is 831. The Morgan fingerprint density at radius 3 is 2.59 bits per heavy atom. The van der Waals surface area contributed by atoms with Crippen molar-refractivity contribution in [2.24, 2.45) is 0 Å². The number of hydrogen-bond acceptors (Lipinski definition) is 4. The Balaban J connectivity index is 1.89. The number of fused-ring (bicyclic) bond motifs is 1. The predicted molar refractivity (Wildman–Crippen MR) is 89.1 cm³/mol. The molecule has 1 amide bonds. The Kier molecular flexibility index (Phi) is 4.06. The summed E-state index contributed by atoms with van der Waals surface area (Å²) in [4.78, 5) is 20.8. The highest BCUT2D eigenvalue weighted by atomic mass is 32.2. The third-order valence-corrected chi connectivity index (χ3v) is 4.17. The second kappa shape index (κ2) is 6.15. The van der Waals surface area contributed by atoms with Crippen molar-refractivity contribution in [2.75, 3.05) is 5.32 Å². The van der Waals surface area contributed by atoms with Gasteiger partial charge in [0.05, 0.1) is 5.52 Å². The zero-order valence-corrected chi connectivity index (χ0v) is 13.1. The molecular weight excluding hydrogens is 294 g/mol. The molecule has 1 heterocycles. The normalized spacial score (nSPS) is 10.6. The fourth-order valence-corrected chi connectivity index (χ4v) is 3.02. The van der Waals surface area contributed by atoms with E-state index in [-0.39, 0.29) is 5.91 Å².